The molecule has 0 saturated carbocycles. The minimum absolute atomic E-state index is 0.297. The predicted octanol–water partition coefficient (Wildman–Crippen LogP) is 0.465. The molecule has 1 saturated heterocycles. The Bertz CT molecular complexity index is 1100. The van der Waals surface area contributed by atoms with Crippen LogP contribution in [-0.4, -0.2) is 45.3 Å². The molecule has 0 unspecified atom stereocenters. The molecule has 1 fully saturated rings. The Morgan fingerprint density at radius 3 is 2.65 bits per heavy atom. The van der Waals surface area contributed by atoms with Gasteiger partial charge in [0, 0.05) is 33.2 Å². The SMILES string of the molecule is C=Cc1ccccc1-n1c(N2CCNCC2)nc2[nH]c(=O)n(C)c(=O)c21. The van der Waals surface area contributed by atoms with Crippen LogP contribution in [0.25, 0.3) is 22.9 Å². The van der Waals surface area contributed by atoms with Crippen molar-refractivity contribution < 1.29 is 0 Å². The summed E-state index contributed by atoms with van der Waals surface area (Å²) in [7, 11) is 1.46. The van der Waals surface area contributed by atoms with E-state index in [1.165, 1.54) is 7.05 Å². The summed E-state index contributed by atoms with van der Waals surface area (Å²) in [5.74, 6) is 0.648. The molecule has 3 heterocycles. The van der Waals surface area contributed by atoms with Gasteiger partial charge in [-0.15, -0.1) is 0 Å². The number of benzene rings is 1. The third-order valence-corrected chi connectivity index (χ3v) is 4.69. The Kier molecular flexibility index (Phi) is 3.96. The van der Waals surface area contributed by atoms with Gasteiger partial charge in [0.05, 0.1) is 5.69 Å². The van der Waals surface area contributed by atoms with Gasteiger partial charge in [-0.3, -0.25) is 18.9 Å². The number of piperazine rings is 1. The van der Waals surface area contributed by atoms with Gasteiger partial charge in [0.1, 0.15) is 0 Å². The molecule has 4 rings (SSSR count). The van der Waals surface area contributed by atoms with E-state index in [1.54, 1.807) is 6.08 Å². The van der Waals surface area contributed by atoms with E-state index in [-0.39, 0.29) is 5.56 Å². The molecule has 0 spiro atoms. The van der Waals surface area contributed by atoms with Crippen LogP contribution in [0.4, 0.5) is 5.95 Å². The number of nitrogens with one attached hydrogen (secondary N) is 2. The van der Waals surface area contributed by atoms with Crippen molar-refractivity contribution in [2.45, 2.75) is 0 Å². The summed E-state index contributed by atoms with van der Waals surface area (Å²) >= 11 is 0. The summed E-state index contributed by atoms with van der Waals surface area (Å²) in [5, 5.41) is 3.31. The summed E-state index contributed by atoms with van der Waals surface area (Å²) in [6, 6.07) is 7.69. The van der Waals surface area contributed by atoms with E-state index in [9.17, 15) is 9.59 Å². The first kappa shape index (κ1) is 16.3. The van der Waals surface area contributed by atoms with Crippen LogP contribution in [-0.2, 0) is 7.05 Å². The van der Waals surface area contributed by atoms with E-state index in [2.05, 4.69) is 26.8 Å². The molecule has 2 N–H and O–H groups in total. The van der Waals surface area contributed by atoms with Gasteiger partial charge in [-0.25, -0.2) is 4.79 Å². The number of aromatic amines is 1. The monoisotopic (exact) mass is 352 g/mol. The maximum atomic E-state index is 12.9. The summed E-state index contributed by atoms with van der Waals surface area (Å²) < 4.78 is 2.90. The lowest BCUT2D eigenvalue weighted by Gasteiger charge is -2.29. The molecule has 26 heavy (non-hydrogen) atoms. The molecule has 1 aliphatic rings. The van der Waals surface area contributed by atoms with E-state index >= 15 is 0 Å². The fraction of sp³-hybridized carbons (Fsp3) is 0.278. The van der Waals surface area contributed by atoms with Crippen molar-refractivity contribution in [3.63, 3.8) is 0 Å². The van der Waals surface area contributed by atoms with E-state index in [0.717, 1.165) is 42.0 Å². The highest BCUT2D eigenvalue weighted by atomic mass is 16.2. The molecule has 1 aromatic carbocycles. The smallest absolute Gasteiger partial charge is 0.329 e. The van der Waals surface area contributed by atoms with Gasteiger partial charge in [0.2, 0.25) is 5.95 Å². The van der Waals surface area contributed by atoms with Crippen LogP contribution in [0.1, 0.15) is 5.56 Å². The molecule has 8 nitrogen and oxygen atoms in total. The fourth-order valence-electron chi connectivity index (χ4n) is 3.30. The van der Waals surface area contributed by atoms with Crippen LogP contribution in [0, 0.1) is 0 Å². The summed E-state index contributed by atoms with van der Waals surface area (Å²) in [6.45, 7) is 7.08. The van der Waals surface area contributed by atoms with E-state index < -0.39 is 5.69 Å². The van der Waals surface area contributed by atoms with Gasteiger partial charge < -0.3 is 10.2 Å². The van der Waals surface area contributed by atoms with Crippen molar-refractivity contribution in [1.29, 1.82) is 0 Å². The number of nitrogens with zero attached hydrogens (tertiary/aromatic N) is 4. The normalized spacial score (nSPS) is 14.7. The lowest BCUT2D eigenvalue weighted by Crippen LogP contribution is -2.44. The highest BCUT2D eigenvalue weighted by Crippen LogP contribution is 2.27. The number of para-hydroxylation sites is 1. The first-order chi connectivity index (χ1) is 12.6. The Morgan fingerprint density at radius 1 is 1.19 bits per heavy atom. The van der Waals surface area contributed by atoms with Crippen molar-refractivity contribution in [2.75, 3.05) is 31.1 Å². The average Bonchev–Trinajstić information content (AvgIpc) is 3.06. The molecule has 0 radical (unpaired) electrons. The fourth-order valence-corrected chi connectivity index (χ4v) is 3.30. The molecule has 0 atom stereocenters. The van der Waals surface area contributed by atoms with Gasteiger partial charge in [-0.2, -0.15) is 4.98 Å². The number of hydrogen-bond donors (Lipinski definition) is 2. The van der Waals surface area contributed by atoms with E-state index in [4.69, 9.17) is 0 Å². The quantitative estimate of drug-likeness (QED) is 0.715. The number of H-pyrrole nitrogens is 1. The second-order valence-corrected chi connectivity index (χ2v) is 6.24. The molecular weight excluding hydrogens is 332 g/mol. The number of aromatic nitrogens is 4. The number of rotatable bonds is 3. The molecule has 0 bridgehead atoms. The summed E-state index contributed by atoms with van der Waals surface area (Å²) in [5.41, 5.74) is 1.49. The van der Waals surface area contributed by atoms with Crippen LogP contribution in [0.3, 0.4) is 0 Å². The second kappa shape index (κ2) is 6.30. The summed E-state index contributed by atoms with van der Waals surface area (Å²) in [6.07, 6.45) is 1.75. The van der Waals surface area contributed by atoms with Crippen LogP contribution in [0.5, 0.6) is 0 Å². The minimum atomic E-state index is -0.476. The minimum Gasteiger partial charge on any atom is -0.339 e. The number of hydrogen-bond acceptors (Lipinski definition) is 5. The molecule has 2 aromatic heterocycles. The maximum Gasteiger partial charge on any atom is 0.329 e. The third-order valence-electron chi connectivity index (χ3n) is 4.69. The zero-order valence-electron chi connectivity index (χ0n) is 14.5. The predicted molar refractivity (Wildman–Crippen MR) is 102 cm³/mol. The lowest BCUT2D eigenvalue weighted by molar-refractivity contribution is 0.578. The van der Waals surface area contributed by atoms with Gasteiger partial charge in [-0.1, -0.05) is 30.9 Å². The maximum absolute atomic E-state index is 12.9. The van der Waals surface area contributed by atoms with Gasteiger partial charge in [0.25, 0.3) is 5.56 Å². The Balaban J connectivity index is 2.10. The average molecular weight is 352 g/mol. The molecule has 134 valence electrons. The first-order valence-corrected chi connectivity index (χ1v) is 8.51. The van der Waals surface area contributed by atoms with E-state index in [1.807, 2.05) is 28.8 Å². The number of anilines is 1. The molecule has 0 aliphatic carbocycles. The van der Waals surface area contributed by atoms with Crippen molar-refractivity contribution in [3.05, 3.63) is 57.2 Å². The number of fused-ring (bicyclic) bond motifs is 1. The van der Waals surface area contributed by atoms with Crippen molar-refractivity contribution in [1.82, 2.24) is 24.4 Å². The van der Waals surface area contributed by atoms with Crippen LogP contribution in [0.15, 0.2) is 40.4 Å². The highest BCUT2D eigenvalue weighted by molar-refractivity contribution is 5.79. The van der Waals surface area contributed by atoms with Crippen LogP contribution < -0.4 is 21.5 Å². The van der Waals surface area contributed by atoms with Crippen LogP contribution >= 0.6 is 0 Å². The first-order valence-electron chi connectivity index (χ1n) is 8.51. The summed E-state index contributed by atoms with van der Waals surface area (Å²) in [4.78, 5) is 34.3. The Hall–Kier alpha value is -3.13. The lowest BCUT2D eigenvalue weighted by atomic mass is 10.1. The third kappa shape index (κ3) is 2.46. The standard InChI is InChI=1S/C18H20N6O2/c1-3-12-6-4-5-7-13(12)24-14-15(21-18(26)22(2)16(14)25)20-17(24)23-10-8-19-9-11-23/h3-7,19H,1,8-11H2,2H3,(H,21,26). The van der Waals surface area contributed by atoms with Gasteiger partial charge in [0.15, 0.2) is 11.2 Å². The molecular formula is C18H20N6O2. The molecule has 8 heteroatoms. The number of imidazole rings is 1. The van der Waals surface area contributed by atoms with Crippen LogP contribution in [0.2, 0.25) is 0 Å². The molecule has 0 amide bonds. The largest absolute Gasteiger partial charge is 0.339 e. The van der Waals surface area contributed by atoms with Crippen molar-refractivity contribution in [3.8, 4) is 5.69 Å². The van der Waals surface area contributed by atoms with E-state index in [0.29, 0.717) is 17.1 Å². The molecule has 1 aliphatic heterocycles. The molecule has 3 aromatic rings. The second-order valence-electron chi connectivity index (χ2n) is 6.24. The van der Waals surface area contributed by atoms with Gasteiger partial charge >= 0.3 is 5.69 Å². The van der Waals surface area contributed by atoms with Crippen molar-refractivity contribution in [2.24, 2.45) is 7.05 Å². The Labute approximate surface area is 149 Å². The zero-order valence-corrected chi connectivity index (χ0v) is 14.5. The zero-order chi connectivity index (χ0) is 18.3. The highest BCUT2D eigenvalue weighted by Gasteiger charge is 2.24. The van der Waals surface area contributed by atoms with Crippen molar-refractivity contribution >= 4 is 23.2 Å². The Morgan fingerprint density at radius 2 is 1.92 bits per heavy atom. The topological polar surface area (TPSA) is 87.9 Å². The van der Waals surface area contributed by atoms with Gasteiger partial charge in [-0.05, 0) is 11.6 Å².